The average molecular weight is 391 g/mol. The molecule has 2 aromatic carbocycles. The molecule has 0 spiro atoms. The molecular weight excluding hydrogens is 368 g/mol. The van der Waals surface area contributed by atoms with E-state index >= 15 is 0 Å². The Morgan fingerprint density at radius 2 is 1.81 bits per heavy atom. The molecule has 0 radical (unpaired) electrons. The fraction of sp³-hybridized carbons (Fsp3) is 0.300. The molecule has 2 rings (SSSR count). The summed E-state index contributed by atoms with van der Waals surface area (Å²) in [5.74, 6) is -0.204. The van der Waals surface area contributed by atoms with Crippen LogP contribution in [0.5, 0.6) is 5.75 Å². The fourth-order valence-corrected chi connectivity index (χ4v) is 2.56. The number of rotatable bonds is 9. The molecule has 1 atom stereocenters. The van der Waals surface area contributed by atoms with Crippen LogP contribution in [0.3, 0.4) is 0 Å². The normalized spacial score (nSPS) is 11.5. The Morgan fingerprint density at radius 3 is 2.52 bits per heavy atom. The third-order valence-corrected chi connectivity index (χ3v) is 4.10. The first kappa shape index (κ1) is 20.7. The van der Waals surface area contributed by atoms with E-state index in [1.807, 2.05) is 6.92 Å². The highest BCUT2D eigenvalue weighted by atomic mass is 35.5. The Balaban J connectivity index is 2.09. The predicted molar refractivity (Wildman–Crippen MR) is 105 cm³/mol. The van der Waals surface area contributed by atoms with Crippen LogP contribution in [-0.2, 0) is 9.53 Å². The first-order valence-corrected chi connectivity index (χ1v) is 9.02. The van der Waals surface area contributed by atoms with Crippen LogP contribution < -0.4 is 15.4 Å². The fourth-order valence-electron chi connectivity index (χ4n) is 2.38. The highest BCUT2D eigenvalue weighted by molar-refractivity contribution is 6.32. The number of amides is 2. The molecule has 1 unspecified atom stereocenters. The standard InChI is InChI=1S/C20H23ClN2O4/c1-3-17(27-18-11-7-5-9-15(18)21)20(25)23-16-10-6-4-8-14(16)19(24)22-12-13-26-2/h4-11,17H,3,12-13H2,1-2H3,(H,22,24)(H,23,25). The molecule has 0 saturated heterocycles. The third kappa shape index (κ3) is 5.98. The number of methoxy groups -OCH3 is 1. The summed E-state index contributed by atoms with van der Waals surface area (Å²) in [6, 6.07) is 13.8. The number of hydrogen-bond acceptors (Lipinski definition) is 4. The maximum absolute atomic E-state index is 12.7. The lowest BCUT2D eigenvalue weighted by atomic mass is 10.1. The van der Waals surface area contributed by atoms with E-state index < -0.39 is 6.10 Å². The zero-order valence-corrected chi connectivity index (χ0v) is 16.1. The molecule has 2 aromatic rings. The predicted octanol–water partition coefficient (Wildman–Crippen LogP) is 3.51. The molecule has 2 amide bonds. The van der Waals surface area contributed by atoms with Gasteiger partial charge in [-0.15, -0.1) is 0 Å². The molecule has 0 saturated carbocycles. The number of anilines is 1. The van der Waals surface area contributed by atoms with Crippen molar-refractivity contribution in [3.63, 3.8) is 0 Å². The number of carbonyl (C=O) groups is 2. The average Bonchev–Trinajstić information content (AvgIpc) is 2.67. The topological polar surface area (TPSA) is 76.7 Å². The van der Waals surface area contributed by atoms with Crippen LogP contribution >= 0.6 is 11.6 Å². The van der Waals surface area contributed by atoms with Gasteiger partial charge in [-0.2, -0.15) is 0 Å². The molecule has 0 aliphatic heterocycles. The molecule has 7 heteroatoms. The highest BCUT2D eigenvalue weighted by Crippen LogP contribution is 2.25. The second kappa shape index (κ2) is 10.5. The summed E-state index contributed by atoms with van der Waals surface area (Å²) in [4.78, 5) is 25.0. The second-order valence-corrected chi connectivity index (χ2v) is 6.14. The Bertz CT molecular complexity index is 782. The maximum Gasteiger partial charge on any atom is 0.265 e. The van der Waals surface area contributed by atoms with Gasteiger partial charge in [-0.05, 0) is 30.7 Å². The molecule has 144 valence electrons. The van der Waals surface area contributed by atoms with Gasteiger partial charge in [0.15, 0.2) is 6.10 Å². The van der Waals surface area contributed by atoms with Crippen molar-refractivity contribution in [3.8, 4) is 5.75 Å². The Kier molecular flexibility index (Phi) is 8.10. The van der Waals surface area contributed by atoms with Crippen LogP contribution in [0.2, 0.25) is 5.02 Å². The van der Waals surface area contributed by atoms with Crippen molar-refractivity contribution in [2.75, 3.05) is 25.6 Å². The summed E-state index contributed by atoms with van der Waals surface area (Å²) in [7, 11) is 1.56. The van der Waals surface area contributed by atoms with E-state index in [9.17, 15) is 9.59 Å². The van der Waals surface area contributed by atoms with Crippen molar-refractivity contribution in [1.82, 2.24) is 5.32 Å². The van der Waals surface area contributed by atoms with Crippen LogP contribution in [0, 0.1) is 0 Å². The summed E-state index contributed by atoms with van der Waals surface area (Å²) in [5, 5.41) is 5.95. The minimum Gasteiger partial charge on any atom is -0.479 e. The van der Waals surface area contributed by atoms with E-state index in [1.165, 1.54) is 0 Å². The van der Waals surface area contributed by atoms with E-state index in [0.29, 0.717) is 41.6 Å². The summed E-state index contributed by atoms with van der Waals surface area (Å²) in [6.07, 6.45) is -0.297. The van der Waals surface area contributed by atoms with Gasteiger partial charge in [0.25, 0.3) is 11.8 Å². The van der Waals surface area contributed by atoms with Gasteiger partial charge in [-0.3, -0.25) is 9.59 Å². The molecule has 27 heavy (non-hydrogen) atoms. The maximum atomic E-state index is 12.7. The third-order valence-electron chi connectivity index (χ3n) is 3.79. The van der Waals surface area contributed by atoms with Crippen LogP contribution in [0.1, 0.15) is 23.7 Å². The van der Waals surface area contributed by atoms with Crippen LogP contribution in [0.25, 0.3) is 0 Å². The van der Waals surface area contributed by atoms with Gasteiger partial charge in [-0.1, -0.05) is 42.8 Å². The van der Waals surface area contributed by atoms with Gasteiger partial charge in [0.1, 0.15) is 5.75 Å². The number of nitrogens with one attached hydrogen (secondary N) is 2. The minimum atomic E-state index is -0.741. The van der Waals surface area contributed by atoms with Gasteiger partial charge in [0, 0.05) is 13.7 Å². The largest absolute Gasteiger partial charge is 0.479 e. The summed E-state index contributed by atoms with van der Waals surface area (Å²) < 4.78 is 10.7. The summed E-state index contributed by atoms with van der Waals surface area (Å²) >= 11 is 6.10. The van der Waals surface area contributed by atoms with E-state index in [4.69, 9.17) is 21.1 Å². The highest BCUT2D eigenvalue weighted by Gasteiger charge is 2.21. The van der Waals surface area contributed by atoms with Crippen LogP contribution in [0.4, 0.5) is 5.69 Å². The summed E-state index contributed by atoms with van der Waals surface area (Å²) in [5.41, 5.74) is 0.785. The Hall–Kier alpha value is -2.57. The number of benzene rings is 2. The zero-order valence-electron chi connectivity index (χ0n) is 15.3. The molecule has 0 bridgehead atoms. The molecule has 0 aliphatic carbocycles. The number of hydrogen-bond donors (Lipinski definition) is 2. The SMILES string of the molecule is CCC(Oc1ccccc1Cl)C(=O)Nc1ccccc1C(=O)NCCOC. The molecule has 6 nitrogen and oxygen atoms in total. The molecule has 0 aliphatic rings. The Morgan fingerprint density at radius 1 is 1.11 bits per heavy atom. The van der Waals surface area contributed by atoms with Crippen molar-refractivity contribution >= 4 is 29.1 Å². The van der Waals surface area contributed by atoms with Gasteiger partial charge >= 0.3 is 0 Å². The number of ether oxygens (including phenoxy) is 2. The van der Waals surface area contributed by atoms with E-state index in [1.54, 1.807) is 55.6 Å². The van der Waals surface area contributed by atoms with Crippen molar-refractivity contribution in [2.45, 2.75) is 19.4 Å². The van der Waals surface area contributed by atoms with E-state index in [0.717, 1.165) is 0 Å². The molecule has 2 N–H and O–H groups in total. The number of para-hydroxylation sites is 2. The Labute approximate surface area is 163 Å². The molecular formula is C20H23ClN2O4. The van der Waals surface area contributed by atoms with Crippen molar-refractivity contribution in [2.24, 2.45) is 0 Å². The van der Waals surface area contributed by atoms with Crippen molar-refractivity contribution in [3.05, 3.63) is 59.1 Å². The number of carbonyl (C=O) groups excluding carboxylic acids is 2. The van der Waals surface area contributed by atoms with Crippen molar-refractivity contribution < 1.29 is 19.1 Å². The van der Waals surface area contributed by atoms with Crippen LogP contribution in [0.15, 0.2) is 48.5 Å². The van der Waals surface area contributed by atoms with E-state index in [-0.39, 0.29) is 11.8 Å². The molecule has 0 heterocycles. The first-order valence-electron chi connectivity index (χ1n) is 8.65. The zero-order chi connectivity index (χ0) is 19.6. The van der Waals surface area contributed by atoms with Crippen LogP contribution in [-0.4, -0.2) is 38.2 Å². The second-order valence-electron chi connectivity index (χ2n) is 5.73. The summed E-state index contributed by atoms with van der Waals surface area (Å²) in [6.45, 7) is 2.62. The molecule has 0 fully saturated rings. The van der Waals surface area contributed by atoms with Gasteiger partial charge in [0.2, 0.25) is 0 Å². The number of halogens is 1. The molecule has 0 aromatic heterocycles. The minimum absolute atomic E-state index is 0.289. The van der Waals surface area contributed by atoms with Gasteiger partial charge in [0.05, 0.1) is 22.9 Å². The quantitative estimate of drug-likeness (QED) is 0.642. The van der Waals surface area contributed by atoms with Crippen molar-refractivity contribution in [1.29, 1.82) is 0 Å². The van der Waals surface area contributed by atoms with E-state index in [2.05, 4.69) is 10.6 Å². The smallest absolute Gasteiger partial charge is 0.265 e. The lowest BCUT2D eigenvalue weighted by molar-refractivity contribution is -0.122. The van der Waals surface area contributed by atoms with Gasteiger partial charge in [-0.25, -0.2) is 0 Å². The lowest BCUT2D eigenvalue weighted by Crippen LogP contribution is -2.34. The lowest BCUT2D eigenvalue weighted by Gasteiger charge is -2.19. The first-order chi connectivity index (χ1) is 13.1. The van der Waals surface area contributed by atoms with Gasteiger partial charge < -0.3 is 20.1 Å². The monoisotopic (exact) mass is 390 g/mol.